The quantitative estimate of drug-likeness (QED) is 0.878. The summed E-state index contributed by atoms with van der Waals surface area (Å²) >= 11 is 14.6. The normalized spacial score (nSPS) is 11.4. The maximum Gasteiger partial charge on any atom is 0.296 e. The lowest BCUT2D eigenvalue weighted by Gasteiger charge is -2.08. The number of benzene rings is 1. The molecule has 0 bridgehead atoms. The molecule has 3 N–H and O–H groups in total. The first-order valence-corrected chi connectivity index (χ1v) is 6.34. The molecule has 0 spiro atoms. The molecule has 0 amide bonds. The van der Waals surface area contributed by atoms with Gasteiger partial charge in [-0.1, -0.05) is 39.1 Å². The molecule has 1 aromatic carbocycles. The number of rotatable bonds is 2. The minimum atomic E-state index is -3.87. The third kappa shape index (κ3) is 3.29. The third-order valence-corrected chi connectivity index (χ3v) is 2.79. The number of halogens is 3. The number of anilines is 1. The van der Waals surface area contributed by atoms with E-state index in [9.17, 15) is 8.42 Å². The fourth-order valence-corrected chi connectivity index (χ4v) is 2.70. The first-order valence-electron chi connectivity index (χ1n) is 3.24. The molecule has 0 radical (unpaired) electrons. The van der Waals surface area contributed by atoms with E-state index in [1.165, 1.54) is 12.1 Å². The molecule has 0 saturated heterocycles. The molecule has 78 valence electrons. The Bertz CT molecular complexity index is 440. The van der Waals surface area contributed by atoms with Gasteiger partial charge in [0.25, 0.3) is 10.2 Å². The standard InChI is InChI=1S/C6H5BrCl2N2O2S/c7-3-1-4(8)6(5(9)2-3)11-14(10,12)13/h1-2,11H,(H2,10,12,13). The van der Waals surface area contributed by atoms with Crippen LogP contribution in [-0.2, 0) is 10.2 Å². The average Bonchev–Trinajstić information content (AvgIpc) is 1.95. The van der Waals surface area contributed by atoms with Gasteiger partial charge in [0.05, 0.1) is 15.7 Å². The molecular formula is C6H5BrCl2N2O2S. The summed E-state index contributed by atoms with van der Waals surface area (Å²) in [6.07, 6.45) is 0. The van der Waals surface area contributed by atoms with Gasteiger partial charge < -0.3 is 0 Å². The van der Waals surface area contributed by atoms with Gasteiger partial charge in [-0.25, -0.2) is 5.14 Å². The molecule has 0 aliphatic heterocycles. The maximum atomic E-state index is 10.7. The van der Waals surface area contributed by atoms with Crippen molar-refractivity contribution in [2.24, 2.45) is 5.14 Å². The zero-order chi connectivity index (χ0) is 10.9. The van der Waals surface area contributed by atoms with Crippen LogP contribution in [0.5, 0.6) is 0 Å². The summed E-state index contributed by atoms with van der Waals surface area (Å²) < 4.78 is 24.1. The Labute approximate surface area is 99.7 Å². The fourth-order valence-electron chi connectivity index (χ4n) is 0.782. The Kier molecular flexibility index (Phi) is 3.65. The van der Waals surface area contributed by atoms with Crippen molar-refractivity contribution in [2.75, 3.05) is 4.72 Å². The molecule has 0 saturated carbocycles. The van der Waals surface area contributed by atoms with Crippen LogP contribution in [0.2, 0.25) is 10.0 Å². The van der Waals surface area contributed by atoms with Gasteiger partial charge in [0, 0.05) is 4.47 Å². The lowest BCUT2D eigenvalue weighted by molar-refractivity contribution is 0.603. The zero-order valence-corrected chi connectivity index (χ0v) is 10.5. The van der Waals surface area contributed by atoms with E-state index in [4.69, 9.17) is 28.3 Å². The zero-order valence-electron chi connectivity index (χ0n) is 6.59. The van der Waals surface area contributed by atoms with Gasteiger partial charge in [0.1, 0.15) is 0 Å². The second-order valence-electron chi connectivity index (χ2n) is 2.39. The van der Waals surface area contributed by atoms with Crippen molar-refractivity contribution in [3.8, 4) is 0 Å². The van der Waals surface area contributed by atoms with Crippen molar-refractivity contribution >= 4 is 55.0 Å². The molecule has 0 heterocycles. The highest BCUT2D eigenvalue weighted by Gasteiger charge is 2.11. The lowest BCUT2D eigenvalue weighted by Crippen LogP contribution is -2.22. The van der Waals surface area contributed by atoms with Gasteiger partial charge >= 0.3 is 0 Å². The molecular weight excluding hydrogens is 315 g/mol. The lowest BCUT2D eigenvalue weighted by atomic mass is 10.3. The van der Waals surface area contributed by atoms with Gasteiger partial charge in [0.2, 0.25) is 0 Å². The van der Waals surface area contributed by atoms with Gasteiger partial charge in [-0.3, -0.25) is 4.72 Å². The third-order valence-electron chi connectivity index (χ3n) is 1.25. The van der Waals surface area contributed by atoms with Crippen molar-refractivity contribution in [2.45, 2.75) is 0 Å². The topological polar surface area (TPSA) is 72.2 Å². The van der Waals surface area contributed by atoms with Gasteiger partial charge in [-0.2, -0.15) is 8.42 Å². The summed E-state index contributed by atoms with van der Waals surface area (Å²) in [6, 6.07) is 3.00. The van der Waals surface area contributed by atoms with Gasteiger partial charge in [-0.05, 0) is 12.1 Å². The van der Waals surface area contributed by atoms with Crippen LogP contribution in [0.4, 0.5) is 5.69 Å². The summed E-state index contributed by atoms with van der Waals surface area (Å²) in [7, 11) is -3.87. The fraction of sp³-hybridized carbons (Fsp3) is 0. The average molecular weight is 320 g/mol. The minimum absolute atomic E-state index is 0.0685. The summed E-state index contributed by atoms with van der Waals surface area (Å²) in [4.78, 5) is 0. The monoisotopic (exact) mass is 318 g/mol. The summed E-state index contributed by atoms with van der Waals surface area (Å²) in [5.41, 5.74) is 0.0685. The Balaban J connectivity index is 3.22. The van der Waals surface area contributed by atoms with Crippen molar-refractivity contribution in [1.29, 1.82) is 0 Å². The second kappa shape index (κ2) is 4.24. The van der Waals surface area contributed by atoms with E-state index in [1.54, 1.807) is 0 Å². The summed E-state index contributed by atoms with van der Waals surface area (Å²) in [5, 5.41) is 5.11. The van der Waals surface area contributed by atoms with Crippen LogP contribution in [0, 0.1) is 0 Å². The molecule has 0 aliphatic rings. The first kappa shape index (κ1) is 12.1. The highest BCUT2D eigenvalue weighted by molar-refractivity contribution is 9.10. The van der Waals surface area contributed by atoms with Crippen molar-refractivity contribution in [3.63, 3.8) is 0 Å². The largest absolute Gasteiger partial charge is 0.296 e. The van der Waals surface area contributed by atoms with Crippen LogP contribution in [-0.4, -0.2) is 8.42 Å². The summed E-state index contributed by atoms with van der Waals surface area (Å²) in [6.45, 7) is 0. The predicted molar refractivity (Wildman–Crippen MR) is 60.9 cm³/mol. The van der Waals surface area contributed by atoms with Crippen LogP contribution in [0.25, 0.3) is 0 Å². The molecule has 1 rings (SSSR count). The van der Waals surface area contributed by atoms with Crippen LogP contribution < -0.4 is 9.86 Å². The van der Waals surface area contributed by atoms with E-state index in [0.717, 1.165) is 0 Å². The number of nitrogens with one attached hydrogen (secondary N) is 1. The Morgan fingerprint density at radius 1 is 1.29 bits per heavy atom. The smallest absolute Gasteiger partial charge is 0.268 e. The minimum Gasteiger partial charge on any atom is -0.268 e. The highest BCUT2D eigenvalue weighted by Crippen LogP contribution is 2.33. The first-order chi connectivity index (χ1) is 6.29. The Morgan fingerprint density at radius 3 is 2.07 bits per heavy atom. The van der Waals surface area contributed by atoms with E-state index >= 15 is 0 Å². The molecule has 0 unspecified atom stereocenters. The summed E-state index contributed by atoms with van der Waals surface area (Å²) in [5.74, 6) is 0. The molecule has 14 heavy (non-hydrogen) atoms. The van der Waals surface area contributed by atoms with E-state index in [2.05, 4.69) is 15.9 Å². The Hall–Kier alpha value is -0.0100. The Morgan fingerprint density at radius 2 is 1.71 bits per heavy atom. The van der Waals surface area contributed by atoms with E-state index in [0.29, 0.717) is 4.47 Å². The van der Waals surface area contributed by atoms with Crippen molar-refractivity contribution < 1.29 is 8.42 Å². The van der Waals surface area contributed by atoms with E-state index in [-0.39, 0.29) is 15.7 Å². The van der Waals surface area contributed by atoms with Crippen LogP contribution in [0.15, 0.2) is 16.6 Å². The van der Waals surface area contributed by atoms with E-state index < -0.39 is 10.2 Å². The van der Waals surface area contributed by atoms with Gasteiger partial charge in [-0.15, -0.1) is 0 Å². The molecule has 8 heteroatoms. The number of hydrogen-bond acceptors (Lipinski definition) is 2. The number of hydrogen-bond donors (Lipinski definition) is 2. The molecule has 0 fully saturated rings. The van der Waals surface area contributed by atoms with Crippen molar-refractivity contribution in [1.82, 2.24) is 0 Å². The maximum absolute atomic E-state index is 10.7. The van der Waals surface area contributed by atoms with Crippen LogP contribution in [0.3, 0.4) is 0 Å². The molecule has 4 nitrogen and oxygen atoms in total. The molecule has 0 aromatic heterocycles. The molecule has 0 atom stereocenters. The number of nitrogens with two attached hydrogens (primary N) is 1. The second-order valence-corrected chi connectivity index (χ2v) is 5.42. The predicted octanol–water partition coefficient (Wildman–Crippen LogP) is 2.37. The SMILES string of the molecule is NS(=O)(=O)Nc1c(Cl)cc(Br)cc1Cl. The van der Waals surface area contributed by atoms with Crippen LogP contribution >= 0.6 is 39.1 Å². The van der Waals surface area contributed by atoms with Crippen LogP contribution in [0.1, 0.15) is 0 Å². The van der Waals surface area contributed by atoms with E-state index in [1.807, 2.05) is 4.72 Å². The van der Waals surface area contributed by atoms with Gasteiger partial charge in [0.15, 0.2) is 0 Å². The molecule has 0 aliphatic carbocycles. The molecule has 1 aromatic rings. The highest BCUT2D eigenvalue weighted by atomic mass is 79.9. The van der Waals surface area contributed by atoms with Crippen molar-refractivity contribution in [3.05, 3.63) is 26.7 Å².